The van der Waals surface area contributed by atoms with Crippen molar-refractivity contribution in [2.24, 2.45) is 5.41 Å². The first kappa shape index (κ1) is 13.5. The van der Waals surface area contributed by atoms with Crippen molar-refractivity contribution < 1.29 is 4.39 Å². The summed E-state index contributed by atoms with van der Waals surface area (Å²) in [4.78, 5) is 0. The van der Waals surface area contributed by atoms with Crippen LogP contribution < -0.4 is 5.32 Å². The first-order valence-corrected chi connectivity index (χ1v) is 6.96. The van der Waals surface area contributed by atoms with E-state index in [1.165, 1.54) is 0 Å². The van der Waals surface area contributed by atoms with E-state index in [2.05, 4.69) is 32.2 Å². The Morgan fingerprint density at radius 1 is 1.39 bits per heavy atom. The SMILES string of the molecule is CCCNC1CC(c2ccc(C)c(F)c2)C1(C)C. The van der Waals surface area contributed by atoms with Crippen LogP contribution in [0.4, 0.5) is 4.39 Å². The van der Waals surface area contributed by atoms with Crippen LogP contribution in [0, 0.1) is 18.2 Å². The monoisotopic (exact) mass is 249 g/mol. The second kappa shape index (κ2) is 5.00. The molecule has 2 rings (SSSR count). The van der Waals surface area contributed by atoms with Gasteiger partial charge in [-0.1, -0.05) is 32.9 Å². The van der Waals surface area contributed by atoms with E-state index >= 15 is 0 Å². The lowest BCUT2D eigenvalue weighted by Crippen LogP contribution is -2.55. The minimum absolute atomic E-state index is 0.0757. The van der Waals surface area contributed by atoms with Gasteiger partial charge in [0.25, 0.3) is 0 Å². The van der Waals surface area contributed by atoms with Crippen molar-refractivity contribution in [3.8, 4) is 0 Å². The van der Waals surface area contributed by atoms with Crippen LogP contribution >= 0.6 is 0 Å². The molecule has 0 aliphatic heterocycles. The van der Waals surface area contributed by atoms with Gasteiger partial charge in [0.2, 0.25) is 0 Å². The van der Waals surface area contributed by atoms with E-state index in [1.807, 2.05) is 13.0 Å². The van der Waals surface area contributed by atoms with Crippen molar-refractivity contribution in [3.63, 3.8) is 0 Å². The first-order valence-electron chi connectivity index (χ1n) is 6.96. The van der Waals surface area contributed by atoms with E-state index in [0.717, 1.165) is 30.5 Å². The molecule has 0 aromatic heterocycles. The van der Waals surface area contributed by atoms with Crippen LogP contribution in [0.3, 0.4) is 0 Å². The highest BCUT2D eigenvalue weighted by Crippen LogP contribution is 2.52. The quantitative estimate of drug-likeness (QED) is 0.850. The Labute approximate surface area is 110 Å². The maximum Gasteiger partial charge on any atom is 0.126 e. The van der Waals surface area contributed by atoms with E-state index in [4.69, 9.17) is 0 Å². The summed E-state index contributed by atoms with van der Waals surface area (Å²) in [6, 6.07) is 6.26. The summed E-state index contributed by atoms with van der Waals surface area (Å²) < 4.78 is 13.6. The van der Waals surface area contributed by atoms with Crippen LogP contribution in [0.25, 0.3) is 0 Å². The summed E-state index contributed by atoms with van der Waals surface area (Å²) in [6.45, 7) is 9.64. The molecule has 1 N–H and O–H groups in total. The lowest BCUT2D eigenvalue weighted by Gasteiger charge is -2.53. The van der Waals surface area contributed by atoms with Gasteiger partial charge in [0.15, 0.2) is 0 Å². The molecule has 0 saturated heterocycles. The predicted molar refractivity (Wildman–Crippen MR) is 74.4 cm³/mol. The zero-order chi connectivity index (χ0) is 13.3. The lowest BCUT2D eigenvalue weighted by molar-refractivity contribution is 0.0693. The first-order chi connectivity index (χ1) is 8.46. The number of rotatable bonds is 4. The number of hydrogen-bond acceptors (Lipinski definition) is 1. The summed E-state index contributed by atoms with van der Waals surface area (Å²) in [5, 5.41) is 3.59. The second-order valence-corrected chi connectivity index (χ2v) is 6.12. The highest BCUT2D eigenvalue weighted by atomic mass is 19.1. The van der Waals surface area contributed by atoms with Crippen molar-refractivity contribution in [1.82, 2.24) is 5.32 Å². The molecule has 1 aromatic carbocycles. The normalized spacial score (nSPS) is 25.8. The fourth-order valence-corrected chi connectivity index (χ4v) is 2.98. The van der Waals surface area contributed by atoms with Crippen LogP contribution in [-0.4, -0.2) is 12.6 Å². The van der Waals surface area contributed by atoms with Gasteiger partial charge in [0.05, 0.1) is 0 Å². The highest BCUT2D eigenvalue weighted by Gasteiger charge is 2.48. The van der Waals surface area contributed by atoms with E-state index in [1.54, 1.807) is 6.07 Å². The molecule has 0 bridgehead atoms. The van der Waals surface area contributed by atoms with Crippen molar-refractivity contribution >= 4 is 0 Å². The molecular weight excluding hydrogens is 225 g/mol. The number of benzene rings is 1. The summed E-state index contributed by atoms with van der Waals surface area (Å²) in [5.41, 5.74) is 2.10. The second-order valence-electron chi connectivity index (χ2n) is 6.12. The average Bonchev–Trinajstić information content (AvgIpc) is 2.32. The molecule has 0 spiro atoms. The van der Waals surface area contributed by atoms with Crippen LogP contribution in [0.5, 0.6) is 0 Å². The molecule has 1 aliphatic rings. The smallest absolute Gasteiger partial charge is 0.126 e. The van der Waals surface area contributed by atoms with E-state index < -0.39 is 0 Å². The summed E-state index contributed by atoms with van der Waals surface area (Å²) in [7, 11) is 0. The Kier molecular flexibility index (Phi) is 3.76. The Bertz CT molecular complexity index is 425. The third-order valence-corrected chi connectivity index (χ3v) is 4.51. The van der Waals surface area contributed by atoms with Crippen LogP contribution in [0.1, 0.15) is 50.7 Å². The number of halogens is 1. The van der Waals surface area contributed by atoms with E-state index in [9.17, 15) is 4.39 Å². The minimum Gasteiger partial charge on any atom is -0.313 e. The van der Waals surface area contributed by atoms with Crippen molar-refractivity contribution in [2.45, 2.75) is 52.5 Å². The predicted octanol–water partition coefficient (Wildman–Crippen LogP) is 4.02. The van der Waals surface area contributed by atoms with Gasteiger partial charge in [-0.25, -0.2) is 4.39 Å². The molecule has 1 saturated carbocycles. The van der Waals surface area contributed by atoms with Gasteiger partial charge in [-0.3, -0.25) is 0 Å². The van der Waals surface area contributed by atoms with Crippen LogP contribution in [-0.2, 0) is 0 Å². The molecule has 0 amide bonds. The Morgan fingerprint density at radius 3 is 2.67 bits per heavy atom. The summed E-state index contributed by atoms with van der Waals surface area (Å²) in [6.07, 6.45) is 2.28. The molecule has 100 valence electrons. The zero-order valence-electron chi connectivity index (χ0n) is 11.9. The molecule has 1 nitrogen and oxygen atoms in total. The maximum atomic E-state index is 13.6. The Balaban J connectivity index is 2.09. The van der Waals surface area contributed by atoms with Crippen LogP contribution in [0.2, 0.25) is 0 Å². The standard InChI is InChI=1S/C16H24FN/c1-5-8-18-15-10-13(16(15,3)4)12-7-6-11(2)14(17)9-12/h6-7,9,13,15,18H,5,8,10H2,1-4H3. The van der Waals surface area contributed by atoms with Gasteiger partial charge >= 0.3 is 0 Å². The van der Waals surface area contributed by atoms with E-state index in [-0.39, 0.29) is 11.2 Å². The van der Waals surface area contributed by atoms with Gasteiger partial charge in [-0.2, -0.15) is 0 Å². The Hall–Kier alpha value is -0.890. The fraction of sp³-hybridized carbons (Fsp3) is 0.625. The zero-order valence-corrected chi connectivity index (χ0v) is 11.9. The van der Waals surface area contributed by atoms with E-state index in [0.29, 0.717) is 12.0 Å². The number of hydrogen-bond donors (Lipinski definition) is 1. The molecule has 0 heterocycles. The van der Waals surface area contributed by atoms with Crippen molar-refractivity contribution in [2.75, 3.05) is 6.54 Å². The number of aryl methyl sites for hydroxylation is 1. The van der Waals surface area contributed by atoms with Gasteiger partial charge < -0.3 is 5.32 Å². The highest BCUT2D eigenvalue weighted by molar-refractivity contribution is 5.31. The molecule has 1 fully saturated rings. The Morgan fingerprint density at radius 2 is 2.11 bits per heavy atom. The van der Waals surface area contributed by atoms with Crippen molar-refractivity contribution in [1.29, 1.82) is 0 Å². The summed E-state index contributed by atoms with van der Waals surface area (Å²) >= 11 is 0. The molecule has 1 aromatic rings. The fourth-order valence-electron chi connectivity index (χ4n) is 2.98. The molecular formula is C16H24FN. The number of nitrogens with one attached hydrogen (secondary N) is 1. The van der Waals surface area contributed by atoms with Gasteiger partial charge in [-0.15, -0.1) is 0 Å². The molecule has 0 radical (unpaired) electrons. The maximum absolute atomic E-state index is 13.6. The molecule has 2 heteroatoms. The van der Waals surface area contributed by atoms with Crippen molar-refractivity contribution in [3.05, 3.63) is 35.1 Å². The lowest BCUT2D eigenvalue weighted by atomic mass is 9.56. The topological polar surface area (TPSA) is 12.0 Å². The largest absolute Gasteiger partial charge is 0.313 e. The molecule has 18 heavy (non-hydrogen) atoms. The third kappa shape index (κ3) is 2.31. The molecule has 2 atom stereocenters. The average molecular weight is 249 g/mol. The van der Waals surface area contributed by atoms with Gasteiger partial charge in [0.1, 0.15) is 5.82 Å². The van der Waals surface area contributed by atoms with Gasteiger partial charge in [0, 0.05) is 6.04 Å². The molecule has 1 aliphatic carbocycles. The van der Waals surface area contributed by atoms with Crippen LogP contribution in [0.15, 0.2) is 18.2 Å². The summed E-state index contributed by atoms with van der Waals surface area (Å²) in [5.74, 6) is 0.398. The third-order valence-electron chi connectivity index (χ3n) is 4.51. The van der Waals surface area contributed by atoms with Gasteiger partial charge in [-0.05, 0) is 54.8 Å². The minimum atomic E-state index is -0.0757. The molecule has 2 unspecified atom stereocenters.